The number of amides is 1. The fraction of sp³-hybridized carbons (Fsp3) is 0.0769. The number of benzene rings is 2. The third kappa shape index (κ3) is 5.83. The molecule has 0 saturated carbocycles. The SMILES string of the molecule is N#Cc1c(-c2ccccc2)cn(-c2ccc(S(=O)(=O)Nc3ccccn3)cc2)c1NC(=O)CCC(=O)O. The molecule has 0 bridgehead atoms. The molecule has 0 saturated heterocycles. The number of nitrogens with one attached hydrogen (secondary N) is 2. The normalized spacial score (nSPS) is 10.9. The number of carbonyl (C=O) groups excluding carboxylic acids is 1. The molecule has 0 radical (unpaired) electrons. The molecule has 1 amide bonds. The summed E-state index contributed by atoms with van der Waals surface area (Å²) in [6.07, 6.45) is 2.49. The Morgan fingerprint density at radius 3 is 2.30 bits per heavy atom. The largest absolute Gasteiger partial charge is 0.481 e. The van der Waals surface area contributed by atoms with Crippen molar-refractivity contribution in [1.29, 1.82) is 5.26 Å². The zero-order valence-corrected chi connectivity index (χ0v) is 20.1. The van der Waals surface area contributed by atoms with Crippen LogP contribution in [-0.4, -0.2) is 35.0 Å². The molecule has 4 rings (SSSR count). The molecule has 0 fully saturated rings. The van der Waals surface area contributed by atoms with E-state index in [1.54, 1.807) is 22.9 Å². The number of carboxylic acids is 1. The van der Waals surface area contributed by atoms with E-state index in [9.17, 15) is 23.3 Å². The molecule has 0 atom stereocenters. The van der Waals surface area contributed by atoms with Gasteiger partial charge >= 0.3 is 5.97 Å². The second kappa shape index (κ2) is 10.8. The van der Waals surface area contributed by atoms with E-state index in [2.05, 4.69) is 21.1 Å². The van der Waals surface area contributed by atoms with Gasteiger partial charge in [0.15, 0.2) is 0 Å². The smallest absolute Gasteiger partial charge is 0.303 e. The van der Waals surface area contributed by atoms with Gasteiger partial charge in [-0.2, -0.15) is 5.26 Å². The number of hydrogen-bond acceptors (Lipinski definition) is 6. The number of aliphatic carboxylic acids is 1. The molecule has 0 aliphatic heterocycles. The molecule has 2 aromatic carbocycles. The number of rotatable bonds is 9. The lowest BCUT2D eigenvalue weighted by Crippen LogP contribution is -2.16. The van der Waals surface area contributed by atoms with E-state index in [4.69, 9.17) is 5.11 Å². The van der Waals surface area contributed by atoms with Crippen LogP contribution in [0.5, 0.6) is 0 Å². The second-order valence-corrected chi connectivity index (χ2v) is 9.55. The van der Waals surface area contributed by atoms with Gasteiger partial charge in [-0.05, 0) is 42.0 Å². The van der Waals surface area contributed by atoms with Crippen LogP contribution in [0.4, 0.5) is 11.6 Å². The monoisotopic (exact) mass is 515 g/mol. The quantitative estimate of drug-likeness (QED) is 0.304. The van der Waals surface area contributed by atoms with Crippen LogP contribution in [0.25, 0.3) is 16.8 Å². The Balaban J connectivity index is 1.73. The minimum Gasteiger partial charge on any atom is -0.481 e. The zero-order valence-electron chi connectivity index (χ0n) is 19.3. The maximum Gasteiger partial charge on any atom is 0.303 e. The average Bonchev–Trinajstić information content (AvgIpc) is 3.26. The molecular formula is C26H21N5O5S. The Morgan fingerprint density at radius 1 is 0.973 bits per heavy atom. The van der Waals surface area contributed by atoms with Gasteiger partial charge < -0.3 is 15.0 Å². The Kier molecular flexibility index (Phi) is 7.31. The van der Waals surface area contributed by atoms with Crippen LogP contribution in [0.1, 0.15) is 18.4 Å². The van der Waals surface area contributed by atoms with Gasteiger partial charge in [0.1, 0.15) is 23.3 Å². The minimum atomic E-state index is -3.91. The molecule has 2 heterocycles. The number of anilines is 2. The first kappa shape index (κ1) is 25.2. The van der Waals surface area contributed by atoms with Crippen molar-refractivity contribution in [3.8, 4) is 22.9 Å². The highest BCUT2D eigenvalue weighted by atomic mass is 32.2. The second-order valence-electron chi connectivity index (χ2n) is 7.87. The van der Waals surface area contributed by atoms with Gasteiger partial charge in [-0.3, -0.25) is 14.3 Å². The summed E-state index contributed by atoms with van der Waals surface area (Å²) >= 11 is 0. The Bertz CT molecular complexity index is 1580. The molecule has 10 nitrogen and oxygen atoms in total. The predicted molar refractivity (Wildman–Crippen MR) is 136 cm³/mol. The minimum absolute atomic E-state index is 0.00936. The number of nitriles is 1. The van der Waals surface area contributed by atoms with Crippen molar-refractivity contribution in [2.75, 3.05) is 10.0 Å². The van der Waals surface area contributed by atoms with Crippen molar-refractivity contribution in [3.05, 3.63) is 90.8 Å². The molecule has 0 aliphatic carbocycles. The summed E-state index contributed by atoms with van der Waals surface area (Å²) in [5.41, 5.74) is 1.94. The lowest BCUT2D eigenvalue weighted by Gasteiger charge is -2.12. The van der Waals surface area contributed by atoms with Gasteiger partial charge in [-0.1, -0.05) is 36.4 Å². The van der Waals surface area contributed by atoms with Crippen molar-refractivity contribution in [3.63, 3.8) is 0 Å². The molecule has 186 valence electrons. The predicted octanol–water partition coefficient (Wildman–Crippen LogP) is 4.02. The molecular weight excluding hydrogens is 494 g/mol. The lowest BCUT2D eigenvalue weighted by atomic mass is 10.1. The maximum absolute atomic E-state index is 12.8. The molecule has 37 heavy (non-hydrogen) atoms. The third-order valence-corrected chi connectivity index (χ3v) is 6.73. The molecule has 0 spiro atoms. The molecule has 0 aliphatic rings. The van der Waals surface area contributed by atoms with Gasteiger partial charge in [0.25, 0.3) is 10.0 Å². The van der Waals surface area contributed by atoms with Crippen LogP contribution in [-0.2, 0) is 19.6 Å². The molecule has 4 aromatic rings. The van der Waals surface area contributed by atoms with E-state index in [1.165, 1.54) is 36.5 Å². The van der Waals surface area contributed by atoms with Crippen LogP contribution in [0.3, 0.4) is 0 Å². The number of carbonyl (C=O) groups is 2. The van der Waals surface area contributed by atoms with Gasteiger partial charge in [0, 0.05) is 30.1 Å². The summed E-state index contributed by atoms with van der Waals surface area (Å²) in [5, 5.41) is 21.5. The zero-order chi connectivity index (χ0) is 26.4. The fourth-order valence-electron chi connectivity index (χ4n) is 3.60. The highest BCUT2D eigenvalue weighted by Gasteiger charge is 2.21. The van der Waals surface area contributed by atoms with Crippen LogP contribution in [0.2, 0.25) is 0 Å². The number of sulfonamides is 1. The number of hydrogen-bond donors (Lipinski definition) is 3. The molecule has 0 unspecified atom stereocenters. The topological polar surface area (TPSA) is 154 Å². The summed E-state index contributed by atoms with van der Waals surface area (Å²) in [6, 6.07) is 21.9. The Morgan fingerprint density at radius 2 is 1.68 bits per heavy atom. The van der Waals surface area contributed by atoms with Crippen LogP contribution >= 0.6 is 0 Å². The van der Waals surface area contributed by atoms with E-state index in [-0.39, 0.29) is 34.9 Å². The third-order valence-electron chi connectivity index (χ3n) is 5.35. The number of pyridine rings is 1. The highest BCUT2D eigenvalue weighted by molar-refractivity contribution is 7.92. The fourth-order valence-corrected chi connectivity index (χ4v) is 4.61. The Hall–Kier alpha value is -4.95. The van der Waals surface area contributed by atoms with Gasteiger partial charge in [-0.15, -0.1) is 0 Å². The van der Waals surface area contributed by atoms with E-state index >= 15 is 0 Å². The lowest BCUT2D eigenvalue weighted by molar-refractivity contribution is -0.138. The first-order chi connectivity index (χ1) is 17.8. The van der Waals surface area contributed by atoms with Crippen LogP contribution in [0.15, 0.2) is 90.1 Å². The van der Waals surface area contributed by atoms with Crippen molar-refractivity contribution < 1.29 is 23.1 Å². The first-order valence-electron chi connectivity index (χ1n) is 11.1. The number of nitrogens with zero attached hydrogens (tertiary/aromatic N) is 3. The summed E-state index contributed by atoms with van der Waals surface area (Å²) in [4.78, 5) is 27.3. The van der Waals surface area contributed by atoms with Crippen molar-refractivity contribution in [2.45, 2.75) is 17.7 Å². The maximum atomic E-state index is 12.8. The van der Waals surface area contributed by atoms with E-state index in [0.29, 0.717) is 11.3 Å². The Labute approximate surface area is 212 Å². The van der Waals surface area contributed by atoms with E-state index in [1.807, 2.05) is 30.3 Å². The summed E-state index contributed by atoms with van der Waals surface area (Å²) < 4.78 is 29.5. The summed E-state index contributed by atoms with van der Waals surface area (Å²) in [6.45, 7) is 0. The molecule has 11 heteroatoms. The van der Waals surface area contributed by atoms with Crippen molar-refractivity contribution in [2.24, 2.45) is 0 Å². The number of aromatic nitrogens is 2. The average molecular weight is 516 g/mol. The van der Waals surface area contributed by atoms with E-state index in [0.717, 1.165) is 5.56 Å². The van der Waals surface area contributed by atoms with Gasteiger partial charge in [0.2, 0.25) is 5.91 Å². The summed E-state index contributed by atoms with van der Waals surface area (Å²) in [5.74, 6) is -1.36. The van der Waals surface area contributed by atoms with Crippen LogP contribution < -0.4 is 10.0 Å². The van der Waals surface area contributed by atoms with Gasteiger partial charge in [-0.25, -0.2) is 13.4 Å². The van der Waals surface area contributed by atoms with E-state index < -0.39 is 21.9 Å². The van der Waals surface area contributed by atoms with Crippen molar-refractivity contribution >= 4 is 33.5 Å². The standard InChI is InChI=1S/C26H21N5O5S/c27-16-21-22(18-6-2-1-3-7-18)17-31(26(21)29-24(32)13-14-25(33)34)19-9-11-20(12-10-19)37(35,36)30-23-8-4-5-15-28-23/h1-12,15,17H,13-14H2,(H,28,30)(H,29,32)(H,33,34). The van der Waals surface area contributed by atoms with Crippen LogP contribution in [0, 0.1) is 11.3 Å². The molecule has 2 aromatic heterocycles. The molecule has 3 N–H and O–H groups in total. The highest BCUT2D eigenvalue weighted by Crippen LogP contribution is 2.34. The van der Waals surface area contributed by atoms with Crippen molar-refractivity contribution in [1.82, 2.24) is 9.55 Å². The number of carboxylic acid groups (broad SMARTS) is 1. The summed E-state index contributed by atoms with van der Waals surface area (Å²) in [7, 11) is -3.91. The van der Waals surface area contributed by atoms with Gasteiger partial charge in [0.05, 0.1) is 11.3 Å². The first-order valence-corrected chi connectivity index (χ1v) is 12.5.